The Morgan fingerprint density at radius 2 is 1.89 bits per heavy atom. The average molecular weight is 252 g/mol. The van der Waals surface area contributed by atoms with Gasteiger partial charge in [0.05, 0.1) is 6.61 Å². The van der Waals surface area contributed by atoms with Gasteiger partial charge in [0.1, 0.15) is 5.41 Å². The maximum atomic E-state index is 11.9. The molecule has 0 fully saturated rings. The second kappa shape index (κ2) is 9.03. The third-order valence-corrected chi connectivity index (χ3v) is 3.36. The van der Waals surface area contributed by atoms with E-state index in [1.54, 1.807) is 0 Å². The molecule has 0 aromatic carbocycles. The van der Waals surface area contributed by atoms with Crippen LogP contribution in [0.15, 0.2) is 0 Å². The van der Waals surface area contributed by atoms with E-state index >= 15 is 0 Å². The molecule has 1 unspecified atom stereocenters. The van der Waals surface area contributed by atoms with Gasteiger partial charge < -0.3 is 4.74 Å². The first-order chi connectivity index (χ1) is 8.49. The summed E-state index contributed by atoms with van der Waals surface area (Å²) in [6, 6.07) is 0. The highest BCUT2D eigenvalue weighted by molar-refractivity contribution is 5.80. The van der Waals surface area contributed by atoms with Crippen LogP contribution in [0.3, 0.4) is 0 Å². The SMILES string of the molecule is CCCCCCC#CC(C)(C(=O)OCC)C(C)C. The Balaban J connectivity index is 4.43. The molecule has 0 aliphatic rings. The molecular weight excluding hydrogens is 224 g/mol. The fourth-order valence-corrected chi connectivity index (χ4v) is 1.60. The molecule has 0 rings (SSSR count). The number of carbonyl (C=O) groups is 1. The molecule has 1 atom stereocenters. The number of hydrogen-bond donors (Lipinski definition) is 0. The van der Waals surface area contributed by atoms with Gasteiger partial charge in [-0.2, -0.15) is 0 Å². The summed E-state index contributed by atoms with van der Waals surface area (Å²) in [6.07, 6.45) is 5.73. The van der Waals surface area contributed by atoms with Gasteiger partial charge in [-0.15, -0.1) is 5.92 Å². The van der Waals surface area contributed by atoms with Crippen LogP contribution in [0.4, 0.5) is 0 Å². The lowest BCUT2D eigenvalue weighted by Crippen LogP contribution is -2.33. The first-order valence-corrected chi connectivity index (χ1v) is 7.16. The molecule has 2 heteroatoms. The first kappa shape index (κ1) is 17.0. The second-order valence-electron chi connectivity index (χ2n) is 5.19. The zero-order valence-corrected chi connectivity index (χ0v) is 12.6. The van der Waals surface area contributed by atoms with Crippen LogP contribution in [0.5, 0.6) is 0 Å². The molecule has 0 aromatic heterocycles. The fraction of sp³-hybridized carbons (Fsp3) is 0.812. The number of hydrogen-bond acceptors (Lipinski definition) is 2. The van der Waals surface area contributed by atoms with Crippen molar-refractivity contribution in [3.63, 3.8) is 0 Å². The van der Waals surface area contributed by atoms with Crippen molar-refractivity contribution in [2.24, 2.45) is 11.3 Å². The van der Waals surface area contributed by atoms with Crippen LogP contribution >= 0.6 is 0 Å². The molecule has 0 aromatic rings. The van der Waals surface area contributed by atoms with Crippen molar-refractivity contribution in [2.45, 2.75) is 66.7 Å². The number of carbonyl (C=O) groups excluding carboxylic acids is 1. The van der Waals surface area contributed by atoms with Crippen molar-refractivity contribution in [3.8, 4) is 11.8 Å². The summed E-state index contributed by atoms with van der Waals surface area (Å²) in [5.41, 5.74) is -0.666. The number of rotatable bonds is 7. The molecule has 0 aliphatic heterocycles. The van der Waals surface area contributed by atoms with Crippen molar-refractivity contribution >= 4 is 5.97 Å². The highest BCUT2D eigenvalue weighted by Crippen LogP contribution is 2.27. The number of esters is 1. The topological polar surface area (TPSA) is 26.3 Å². The quantitative estimate of drug-likeness (QED) is 0.386. The third kappa shape index (κ3) is 5.58. The van der Waals surface area contributed by atoms with E-state index in [1.165, 1.54) is 19.3 Å². The van der Waals surface area contributed by atoms with Gasteiger partial charge in [0.15, 0.2) is 0 Å². The Hall–Kier alpha value is -0.970. The first-order valence-electron chi connectivity index (χ1n) is 7.16. The predicted molar refractivity (Wildman–Crippen MR) is 76.1 cm³/mol. The van der Waals surface area contributed by atoms with Crippen LogP contribution in [0.2, 0.25) is 0 Å². The second-order valence-corrected chi connectivity index (χ2v) is 5.19. The summed E-state index contributed by atoms with van der Waals surface area (Å²) in [7, 11) is 0. The molecule has 0 radical (unpaired) electrons. The fourth-order valence-electron chi connectivity index (χ4n) is 1.60. The van der Waals surface area contributed by atoms with E-state index in [0.29, 0.717) is 6.61 Å². The number of unbranched alkanes of at least 4 members (excludes halogenated alkanes) is 4. The molecule has 0 aliphatic carbocycles. The van der Waals surface area contributed by atoms with Gasteiger partial charge in [-0.25, -0.2) is 0 Å². The maximum absolute atomic E-state index is 11.9. The van der Waals surface area contributed by atoms with Gasteiger partial charge in [0, 0.05) is 6.42 Å². The minimum absolute atomic E-state index is 0.166. The Bertz CT molecular complexity index is 296. The number of ether oxygens (including phenoxy) is 1. The molecular formula is C16H28O2. The van der Waals surface area contributed by atoms with Gasteiger partial charge in [-0.3, -0.25) is 4.79 Å². The van der Waals surface area contributed by atoms with E-state index in [1.807, 2.05) is 27.7 Å². The molecule has 0 amide bonds. The van der Waals surface area contributed by atoms with Crippen LogP contribution in [-0.4, -0.2) is 12.6 Å². The van der Waals surface area contributed by atoms with E-state index in [9.17, 15) is 4.79 Å². The van der Waals surface area contributed by atoms with Gasteiger partial charge in [0.2, 0.25) is 0 Å². The molecule has 0 saturated carbocycles. The normalized spacial score (nSPS) is 13.7. The van der Waals surface area contributed by atoms with Crippen LogP contribution in [0, 0.1) is 23.2 Å². The van der Waals surface area contributed by atoms with E-state index in [2.05, 4.69) is 18.8 Å². The molecule has 0 bridgehead atoms. The molecule has 18 heavy (non-hydrogen) atoms. The molecule has 0 spiro atoms. The molecule has 0 heterocycles. The lowest BCUT2D eigenvalue weighted by Gasteiger charge is -2.25. The summed E-state index contributed by atoms with van der Waals surface area (Å²) < 4.78 is 5.12. The highest BCUT2D eigenvalue weighted by atomic mass is 16.5. The summed E-state index contributed by atoms with van der Waals surface area (Å²) in [6.45, 7) is 10.4. The van der Waals surface area contributed by atoms with E-state index in [0.717, 1.165) is 12.8 Å². The van der Waals surface area contributed by atoms with Gasteiger partial charge >= 0.3 is 5.97 Å². The summed E-state index contributed by atoms with van der Waals surface area (Å²) in [4.78, 5) is 11.9. The van der Waals surface area contributed by atoms with Gasteiger partial charge in [-0.05, 0) is 26.2 Å². The van der Waals surface area contributed by atoms with E-state index in [4.69, 9.17) is 4.74 Å². The molecule has 0 N–H and O–H groups in total. The van der Waals surface area contributed by atoms with Crippen LogP contribution in [-0.2, 0) is 9.53 Å². The third-order valence-electron chi connectivity index (χ3n) is 3.36. The van der Waals surface area contributed by atoms with Crippen molar-refractivity contribution in [1.29, 1.82) is 0 Å². The van der Waals surface area contributed by atoms with E-state index < -0.39 is 5.41 Å². The molecule has 104 valence electrons. The Labute approximate surface area is 112 Å². The van der Waals surface area contributed by atoms with Crippen LogP contribution in [0.25, 0.3) is 0 Å². The lowest BCUT2D eigenvalue weighted by molar-refractivity contribution is -0.153. The molecule has 2 nitrogen and oxygen atoms in total. The van der Waals surface area contributed by atoms with Gasteiger partial charge in [0.25, 0.3) is 0 Å². The largest absolute Gasteiger partial charge is 0.465 e. The zero-order chi connectivity index (χ0) is 14.0. The minimum Gasteiger partial charge on any atom is -0.465 e. The lowest BCUT2D eigenvalue weighted by atomic mass is 9.79. The van der Waals surface area contributed by atoms with Crippen LogP contribution < -0.4 is 0 Å². The Kier molecular flexibility index (Phi) is 8.54. The van der Waals surface area contributed by atoms with Crippen molar-refractivity contribution in [2.75, 3.05) is 6.61 Å². The highest BCUT2D eigenvalue weighted by Gasteiger charge is 2.36. The van der Waals surface area contributed by atoms with Crippen molar-refractivity contribution in [1.82, 2.24) is 0 Å². The monoisotopic (exact) mass is 252 g/mol. The summed E-state index contributed by atoms with van der Waals surface area (Å²) in [5.74, 6) is 6.26. The van der Waals surface area contributed by atoms with Crippen LogP contribution in [0.1, 0.15) is 66.7 Å². The Morgan fingerprint density at radius 3 is 2.39 bits per heavy atom. The average Bonchev–Trinajstić information content (AvgIpc) is 2.33. The Morgan fingerprint density at radius 1 is 1.22 bits per heavy atom. The standard InChI is InChI=1S/C16H28O2/c1-6-8-9-10-11-12-13-16(5,14(3)4)15(17)18-7-2/h14H,6-11H2,1-5H3. The summed E-state index contributed by atoms with van der Waals surface area (Å²) >= 11 is 0. The molecule has 0 saturated heterocycles. The van der Waals surface area contributed by atoms with Crippen molar-refractivity contribution in [3.05, 3.63) is 0 Å². The predicted octanol–water partition coefficient (Wildman–Crippen LogP) is 4.19. The maximum Gasteiger partial charge on any atom is 0.324 e. The smallest absolute Gasteiger partial charge is 0.324 e. The van der Waals surface area contributed by atoms with Crippen molar-refractivity contribution < 1.29 is 9.53 Å². The minimum atomic E-state index is -0.666. The van der Waals surface area contributed by atoms with E-state index in [-0.39, 0.29) is 11.9 Å². The zero-order valence-electron chi connectivity index (χ0n) is 12.6. The van der Waals surface area contributed by atoms with Gasteiger partial charge in [-0.1, -0.05) is 46.0 Å². The summed E-state index contributed by atoms with van der Waals surface area (Å²) in [5, 5.41) is 0.